The molecule has 1 unspecified atom stereocenters. The van der Waals surface area contributed by atoms with Crippen LogP contribution in [0, 0.1) is 6.92 Å². The van der Waals surface area contributed by atoms with Crippen molar-refractivity contribution in [2.24, 2.45) is 0 Å². The van der Waals surface area contributed by atoms with Crippen molar-refractivity contribution < 1.29 is 4.74 Å². The van der Waals surface area contributed by atoms with Crippen LogP contribution in [0.1, 0.15) is 41.1 Å². The number of nitrogens with zero attached hydrogens (tertiary/aromatic N) is 1. The van der Waals surface area contributed by atoms with E-state index in [0.717, 1.165) is 16.9 Å². The Morgan fingerprint density at radius 2 is 2.19 bits per heavy atom. The van der Waals surface area contributed by atoms with Crippen LogP contribution in [-0.4, -0.2) is 12.0 Å². The van der Waals surface area contributed by atoms with Crippen LogP contribution < -0.4 is 10.1 Å². The van der Waals surface area contributed by atoms with Gasteiger partial charge in [0.15, 0.2) is 0 Å². The van der Waals surface area contributed by atoms with Crippen LogP contribution in [0.2, 0.25) is 0 Å². The van der Waals surface area contributed by atoms with E-state index < -0.39 is 0 Å². The van der Waals surface area contributed by atoms with Gasteiger partial charge < -0.3 is 10.1 Å². The Morgan fingerprint density at radius 1 is 1.29 bits per heavy atom. The van der Waals surface area contributed by atoms with Gasteiger partial charge in [-0.15, -0.1) is 0 Å². The number of fused-ring (bicyclic) bond motifs is 1. The molecule has 1 atom stereocenters. The molecule has 0 radical (unpaired) electrons. The zero-order chi connectivity index (χ0) is 14.7. The first kappa shape index (κ1) is 14.1. The lowest BCUT2D eigenvalue weighted by molar-refractivity contribution is 0.304. The monoisotopic (exact) mass is 282 g/mol. The van der Waals surface area contributed by atoms with Gasteiger partial charge in [0, 0.05) is 24.0 Å². The number of nitrogens with one attached hydrogen (secondary N) is 1. The Balaban J connectivity index is 1.74. The molecule has 2 aromatic rings. The second kappa shape index (κ2) is 6.27. The zero-order valence-electron chi connectivity index (χ0n) is 12.7. The minimum atomic E-state index is 0.456. The van der Waals surface area contributed by atoms with E-state index in [-0.39, 0.29) is 0 Å². The van der Waals surface area contributed by atoms with Gasteiger partial charge in [-0.05, 0) is 68.1 Å². The Kier molecular flexibility index (Phi) is 4.20. The molecule has 0 aliphatic heterocycles. The van der Waals surface area contributed by atoms with Gasteiger partial charge in [0.2, 0.25) is 0 Å². The number of rotatable bonds is 4. The number of ether oxygens (including phenoxy) is 1. The number of benzene rings is 1. The molecule has 1 aromatic carbocycles. The summed E-state index contributed by atoms with van der Waals surface area (Å²) in [4.78, 5) is 4.20. The van der Waals surface area contributed by atoms with Crippen molar-refractivity contribution in [1.29, 1.82) is 0 Å². The first-order chi connectivity index (χ1) is 10.3. The molecule has 1 aliphatic carbocycles. The third-order valence-electron chi connectivity index (χ3n) is 4.12. The van der Waals surface area contributed by atoms with Gasteiger partial charge >= 0.3 is 0 Å². The number of hydrogen-bond donors (Lipinski definition) is 1. The largest absolute Gasteiger partial charge is 0.489 e. The molecular weight excluding hydrogens is 260 g/mol. The van der Waals surface area contributed by atoms with Crippen LogP contribution in [0.5, 0.6) is 5.75 Å². The van der Waals surface area contributed by atoms with Crippen molar-refractivity contribution in [1.82, 2.24) is 10.3 Å². The van der Waals surface area contributed by atoms with Crippen LogP contribution in [-0.2, 0) is 13.0 Å². The molecular formula is C18H22N2O. The fourth-order valence-corrected chi connectivity index (χ4v) is 3.03. The lowest BCUT2D eigenvalue weighted by atomic mass is 9.87. The maximum atomic E-state index is 5.94. The van der Waals surface area contributed by atoms with Crippen LogP contribution in [0.25, 0.3) is 0 Å². The molecule has 3 nitrogen and oxygen atoms in total. The van der Waals surface area contributed by atoms with Gasteiger partial charge in [0.05, 0.1) is 0 Å². The van der Waals surface area contributed by atoms with Crippen molar-refractivity contribution in [3.8, 4) is 5.75 Å². The normalized spacial score (nSPS) is 17.3. The van der Waals surface area contributed by atoms with Crippen LogP contribution in [0.3, 0.4) is 0 Å². The Labute approximate surface area is 126 Å². The first-order valence-corrected chi connectivity index (χ1v) is 7.59. The van der Waals surface area contributed by atoms with Crippen molar-refractivity contribution in [2.75, 3.05) is 7.05 Å². The van der Waals surface area contributed by atoms with Crippen LogP contribution in [0.15, 0.2) is 36.7 Å². The molecule has 0 bridgehead atoms. The summed E-state index contributed by atoms with van der Waals surface area (Å²) in [5.74, 6) is 0.942. The summed E-state index contributed by atoms with van der Waals surface area (Å²) in [7, 11) is 2.03. The maximum Gasteiger partial charge on any atom is 0.120 e. The van der Waals surface area contributed by atoms with E-state index in [4.69, 9.17) is 4.74 Å². The summed E-state index contributed by atoms with van der Waals surface area (Å²) >= 11 is 0. The highest BCUT2D eigenvalue weighted by atomic mass is 16.5. The van der Waals surface area contributed by atoms with E-state index in [0.29, 0.717) is 12.6 Å². The summed E-state index contributed by atoms with van der Waals surface area (Å²) in [5.41, 5.74) is 5.11. The maximum absolute atomic E-state index is 5.94. The highest BCUT2D eigenvalue weighted by molar-refractivity contribution is 5.39. The summed E-state index contributed by atoms with van der Waals surface area (Å²) in [5, 5.41) is 3.40. The topological polar surface area (TPSA) is 34.1 Å². The van der Waals surface area contributed by atoms with Gasteiger partial charge in [-0.1, -0.05) is 6.07 Å². The molecule has 0 saturated heterocycles. The van der Waals surface area contributed by atoms with E-state index in [1.54, 1.807) is 0 Å². The molecule has 0 amide bonds. The van der Waals surface area contributed by atoms with E-state index in [9.17, 15) is 0 Å². The predicted molar refractivity (Wildman–Crippen MR) is 84.5 cm³/mol. The second-order valence-electron chi connectivity index (χ2n) is 5.75. The quantitative estimate of drug-likeness (QED) is 0.931. The van der Waals surface area contributed by atoms with Gasteiger partial charge in [0.1, 0.15) is 12.4 Å². The molecule has 21 heavy (non-hydrogen) atoms. The third-order valence-corrected chi connectivity index (χ3v) is 4.12. The highest BCUT2D eigenvalue weighted by Gasteiger charge is 2.19. The molecule has 110 valence electrons. The molecule has 3 heteroatoms. The molecule has 0 spiro atoms. The smallest absolute Gasteiger partial charge is 0.120 e. The first-order valence-electron chi connectivity index (χ1n) is 7.59. The Hall–Kier alpha value is -1.87. The lowest BCUT2D eigenvalue weighted by Crippen LogP contribution is -2.21. The highest BCUT2D eigenvalue weighted by Crippen LogP contribution is 2.32. The summed E-state index contributed by atoms with van der Waals surface area (Å²) in [6, 6.07) is 9.06. The molecule has 1 aromatic heterocycles. The molecule has 3 rings (SSSR count). The lowest BCUT2D eigenvalue weighted by Gasteiger charge is -2.25. The number of aryl methyl sites for hydroxylation is 2. The van der Waals surface area contributed by atoms with Gasteiger partial charge in [-0.3, -0.25) is 4.98 Å². The summed E-state index contributed by atoms with van der Waals surface area (Å²) < 4.78 is 5.94. The average molecular weight is 282 g/mol. The fraction of sp³-hybridized carbons (Fsp3) is 0.389. The minimum Gasteiger partial charge on any atom is -0.489 e. The average Bonchev–Trinajstić information content (AvgIpc) is 2.52. The number of pyridine rings is 1. The van der Waals surface area contributed by atoms with Crippen molar-refractivity contribution in [3.63, 3.8) is 0 Å². The van der Waals surface area contributed by atoms with Crippen molar-refractivity contribution >= 4 is 0 Å². The number of aromatic nitrogens is 1. The van der Waals surface area contributed by atoms with E-state index >= 15 is 0 Å². The number of hydrogen-bond acceptors (Lipinski definition) is 3. The van der Waals surface area contributed by atoms with Gasteiger partial charge in [0.25, 0.3) is 0 Å². The van der Waals surface area contributed by atoms with Crippen molar-refractivity contribution in [3.05, 3.63) is 58.9 Å². The predicted octanol–water partition coefficient (Wildman–Crippen LogP) is 3.57. The van der Waals surface area contributed by atoms with Crippen molar-refractivity contribution in [2.45, 2.75) is 38.8 Å². The third kappa shape index (κ3) is 3.24. The summed E-state index contributed by atoms with van der Waals surface area (Å²) in [6.07, 6.45) is 7.36. The van der Waals surface area contributed by atoms with Gasteiger partial charge in [-0.25, -0.2) is 0 Å². The fourth-order valence-electron chi connectivity index (χ4n) is 3.03. The Bertz CT molecular complexity index is 624. The molecule has 1 aliphatic rings. The molecule has 0 fully saturated rings. The SMILES string of the molecule is CNC1CCCc2ccc(OCc3cncc(C)c3)cc21. The minimum absolute atomic E-state index is 0.456. The van der Waals surface area contributed by atoms with Gasteiger partial charge in [-0.2, -0.15) is 0 Å². The van der Waals surface area contributed by atoms with Crippen LogP contribution in [0.4, 0.5) is 0 Å². The standard InChI is InChI=1S/C18H22N2O/c1-13-8-14(11-20-10-13)12-21-16-7-6-15-4-3-5-18(19-2)17(15)9-16/h6-11,18-19H,3-5,12H2,1-2H3. The summed E-state index contributed by atoms with van der Waals surface area (Å²) in [6.45, 7) is 2.62. The van der Waals surface area contributed by atoms with E-state index in [1.807, 2.05) is 26.4 Å². The second-order valence-corrected chi connectivity index (χ2v) is 5.75. The Morgan fingerprint density at radius 3 is 3.00 bits per heavy atom. The van der Waals surface area contributed by atoms with Crippen LogP contribution >= 0.6 is 0 Å². The molecule has 1 N–H and O–H groups in total. The molecule has 1 heterocycles. The zero-order valence-corrected chi connectivity index (χ0v) is 12.7. The van der Waals surface area contributed by atoms with E-state index in [1.165, 1.54) is 30.4 Å². The van der Waals surface area contributed by atoms with E-state index in [2.05, 4.69) is 34.6 Å². The molecule has 0 saturated carbocycles.